The number of hydrogen-bond acceptors (Lipinski definition) is 5. The second kappa shape index (κ2) is 7.85. The highest BCUT2D eigenvalue weighted by atomic mass is 16.6. The predicted molar refractivity (Wildman–Crippen MR) is 95.9 cm³/mol. The first kappa shape index (κ1) is 17.0. The summed E-state index contributed by atoms with van der Waals surface area (Å²) in [5.41, 5.74) is 7.72. The van der Waals surface area contributed by atoms with Crippen LogP contribution >= 0.6 is 0 Å². The van der Waals surface area contributed by atoms with Crippen molar-refractivity contribution in [3.63, 3.8) is 0 Å². The van der Waals surface area contributed by atoms with E-state index in [0.29, 0.717) is 13.2 Å². The van der Waals surface area contributed by atoms with Crippen molar-refractivity contribution in [2.75, 3.05) is 40.4 Å². The second-order valence-electron chi connectivity index (χ2n) is 6.57. The Kier molecular flexibility index (Phi) is 5.58. The van der Waals surface area contributed by atoms with E-state index >= 15 is 0 Å². The molecule has 6 nitrogen and oxygen atoms in total. The van der Waals surface area contributed by atoms with Gasteiger partial charge in [-0.1, -0.05) is 6.42 Å². The molecule has 0 saturated heterocycles. The number of hydrogen-bond donors (Lipinski definition) is 1. The number of likely N-dealkylation sites (N-methyl/N-ethyl adjacent to an activating group) is 1. The molecular weight excluding hydrogens is 304 g/mol. The Bertz CT molecular complexity index is 681. The number of benzene rings is 1. The lowest BCUT2D eigenvalue weighted by Crippen LogP contribution is -2.19. The predicted octanol–water partition coefficient (Wildman–Crippen LogP) is 2.04. The third-order valence-electron chi connectivity index (χ3n) is 4.37. The molecule has 0 amide bonds. The number of aryl methyl sites for hydroxylation is 1. The minimum absolute atomic E-state index is 0.603. The molecule has 0 spiro atoms. The highest BCUT2D eigenvalue weighted by Crippen LogP contribution is 2.35. The molecule has 1 aliphatic heterocycles. The lowest BCUT2D eigenvalue weighted by atomic mass is 10.2. The molecule has 2 aromatic rings. The van der Waals surface area contributed by atoms with E-state index < -0.39 is 0 Å². The highest BCUT2D eigenvalue weighted by molar-refractivity contribution is 5.80. The van der Waals surface area contributed by atoms with Crippen LogP contribution in [0, 0.1) is 0 Å². The van der Waals surface area contributed by atoms with Crippen molar-refractivity contribution >= 4 is 11.0 Å². The van der Waals surface area contributed by atoms with Gasteiger partial charge in [0.1, 0.15) is 19.0 Å². The molecule has 0 aliphatic carbocycles. The van der Waals surface area contributed by atoms with E-state index in [9.17, 15) is 0 Å². The molecule has 0 atom stereocenters. The summed E-state index contributed by atoms with van der Waals surface area (Å²) in [6, 6.07) is 4.09. The van der Waals surface area contributed by atoms with Gasteiger partial charge in [-0.3, -0.25) is 0 Å². The van der Waals surface area contributed by atoms with E-state index in [2.05, 4.69) is 29.6 Å². The van der Waals surface area contributed by atoms with Crippen LogP contribution in [-0.2, 0) is 13.0 Å². The number of imidazole rings is 1. The van der Waals surface area contributed by atoms with Crippen LogP contribution in [0.15, 0.2) is 12.1 Å². The summed E-state index contributed by atoms with van der Waals surface area (Å²) >= 11 is 0. The monoisotopic (exact) mass is 332 g/mol. The quantitative estimate of drug-likeness (QED) is 0.750. The summed E-state index contributed by atoms with van der Waals surface area (Å²) in [6.45, 7) is 3.88. The molecule has 3 rings (SSSR count). The second-order valence-corrected chi connectivity index (χ2v) is 6.57. The van der Waals surface area contributed by atoms with Crippen molar-refractivity contribution < 1.29 is 9.47 Å². The van der Waals surface area contributed by atoms with Gasteiger partial charge in [0.15, 0.2) is 11.5 Å². The van der Waals surface area contributed by atoms with Gasteiger partial charge in [-0.2, -0.15) is 0 Å². The molecule has 1 aliphatic rings. The van der Waals surface area contributed by atoms with Crippen molar-refractivity contribution in [2.45, 2.75) is 32.2 Å². The Morgan fingerprint density at radius 1 is 1.12 bits per heavy atom. The molecule has 24 heavy (non-hydrogen) atoms. The van der Waals surface area contributed by atoms with Crippen LogP contribution in [0.4, 0.5) is 0 Å². The fourth-order valence-corrected chi connectivity index (χ4v) is 3.06. The first-order valence-electron chi connectivity index (χ1n) is 8.82. The van der Waals surface area contributed by atoms with Crippen LogP contribution in [-0.4, -0.2) is 54.8 Å². The maximum atomic E-state index is 5.74. The van der Waals surface area contributed by atoms with Gasteiger partial charge in [0.05, 0.1) is 11.0 Å². The van der Waals surface area contributed by atoms with Crippen LogP contribution in [0.5, 0.6) is 11.5 Å². The van der Waals surface area contributed by atoms with Crippen molar-refractivity contribution in [2.24, 2.45) is 5.73 Å². The smallest absolute Gasteiger partial charge is 0.163 e. The standard InChI is InChI=1S/C18H28N4O2/c1-21(2)8-9-22-15-13-17-16(23-10-11-24-17)12-14(15)20-18(22)6-4-3-5-7-19/h12-13H,3-11,19H2,1-2H3. The largest absolute Gasteiger partial charge is 0.486 e. The van der Waals surface area contributed by atoms with Gasteiger partial charge < -0.3 is 24.7 Å². The molecule has 2 heterocycles. The van der Waals surface area contributed by atoms with Gasteiger partial charge in [0.2, 0.25) is 0 Å². The van der Waals surface area contributed by atoms with E-state index in [1.54, 1.807) is 0 Å². The van der Waals surface area contributed by atoms with E-state index in [1.165, 1.54) is 0 Å². The zero-order valence-electron chi connectivity index (χ0n) is 14.8. The fourth-order valence-electron chi connectivity index (χ4n) is 3.06. The van der Waals surface area contributed by atoms with Crippen LogP contribution in [0.1, 0.15) is 25.1 Å². The molecule has 0 radical (unpaired) electrons. The molecule has 0 saturated carbocycles. The highest BCUT2D eigenvalue weighted by Gasteiger charge is 2.18. The topological polar surface area (TPSA) is 65.5 Å². The zero-order valence-corrected chi connectivity index (χ0v) is 14.8. The molecule has 0 unspecified atom stereocenters. The number of ether oxygens (including phenoxy) is 2. The van der Waals surface area contributed by atoms with Crippen molar-refractivity contribution in [1.82, 2.24) is 14.5 Å². The molecule has 2 N–H and O–H groups in total. The molecule has 0 bridgehead atoms. The first-order chi connectivity index (χ1) is 11.7. The van der Waals surface area contributed by atoms with Gasteiger partial charge in [0, 0.05) is 31.6 Å². The number of rotatable bonds is 8. The Labute approximate surface area is 143 Å². The Morgan fingerprint density at radius 3 is 2.58 bits per heavy atom. The summed E-state index contributed by atoms with van der Waals surface area (Å²) in [5, 5.41) is 0. The zero-order chi connectivity index (χ0) is 16.9. The van der Waals surface area contributed by atoms with E-state index in [1.807, 2.05) is 6.07 Å². The summed E-state index contributed by atoms with van der Waals surface area (Å²) in [5.74, 6) is 2.78. The maximum Gasteiger partial charge on any atom is 0.163 e. The summed E-state index contributed by atoms with van der Waals surface area (Å²) in [6.07, 6.45) is 4.33. The normalized spacial score (nSPS) is 13.8. The van der Waals surface area contributed by atoms with Crippen LogP contribution < -0.4 is 15.2 Å². The molecule has 0 fully saturated rings. The van der Waals surface area contributed by atoms with Crippen molar-refractivity contribution in [3.05, 3.63) is 18.0 Å². The Hall–Kier alpha value is -1.79. The fraction of sp³-hybridized carbons (Fsp3) is 0.611. The molecule has 132 valence electrons. The lowest BCUT2D eigenvalue weighted by Gasteiger charge is -2.18. The number of nitrogens with zero attached hydrogens (tertiary/aromatic N) is 3. The SMILES string of the molecule is CN(C)CCn1c(CCCCCN)nc2cc3c(cc21)OCCO3. The molecule has 1 aromatic carbocycles. The van der Waals surface area contributed by atoms with Crippen molar-refractivity contribution in [3.8, 4) is 11.5 Å². The summed E-state index contributed by atoms with van der Waals surface area (Å²) < 4.78 is 13.8. The summed E-state index contributed by atoms with van der Waals surface area (Å²) in [4.78, 5) is 7.07. The summed E-state index contributed by atoms with van der Waals surface area (Å²) in [7, 11) is 4.19. The van der Waals surface area contributed by atoms with Crippen LogP contribution in [0.3, 0.4) is 0 Å². The number of unbranched alkanes of at least 4 members (excludes halogenated alkanes) is 2. The minimum Gasteiger partial charge on any atom is -0.486 e. The Balaban J connectivity index is 1.90. The lowest BCUT2D eigenvalue weighted by molar-refractivity contribution is 0.172. The average Bonchev–Trinajstić information content (AvgIpc) is 2.91. The van der Waals surface area contributed by atoms with Crippen LogP contribution in [0.25, 0.3) is 11.0 Å². The van der Waals surface area contributed by atoms with Gasteiger partial charge in [-0.25, -0.2) is 4.98 Å². The first-order valence-corrected chi connectivity index (χ1v) is 8.82. The third kappa shape index (κ3) is 3.82. The van der Waals surface area contributed by atoms with Crippen LogP contribution in [0.2, 0.25) is 0 Å². The number of nitrogens with two attached hydrogens (primary N) is 1. The van der Waals surface area contributed by atoms with E-state index in [4.69, 9.17) is 20.2 Å². The van der Waals surface area contributed by atoms with E-state index in [0.717, 1.165) is 73.7 Å². The van der Waals surface area contributed by atoms with Crippen molar-refractivity contribution in [1.29, 1.82) is 0 Å². The average molecular weight is 332 g/mol. The molecular formula is C18H28N4O2. The molecule has 6 heteroatoms. The Morgan fingerprint density at radius 2 is 1.88 bits per heavy atom. The minimum atomic E-state index is 0.603. The van der Waals surface area contributed by atoms with Gasteiger partial charge in [0.25, 0.3) is 0 Å². The van der Waals surface area contributed by atoms with Gasteiger partial charge in [-0.05, 0) is 33.5 Å². The van der Waals surface area contributed by atoms with E-state index in [-0.39, 0.29) is 0 Å². The third-order valence-corrected chi connectivity index (χ3v) is 4.37. The maximum absolute atomic E-state index is 5.74. The van der Waals surface area contributed by atoms with Gasteiger partial charge >= 0.3 is 0 Å². The number of aromatic nitrogens is 2. The molecule has 1 aromatic heterocycles. The van der Waals surface area contributed by atoms with Gasteiger partial charge in [-0.15, -0.1) is 0 Å². The number of fused-ring (bicyclic) bond motifs is 2.